The zero-order valence-corrected chi connectivity index (χ0v) is 10.2. The second-order valence-corrected chi connectivity index (χ2v) is 5.58. The maximum absolute atomic E-state index is 11.2. The topological polar surface area (TPSA) is 79.3 Å². The molecule has 1 heterocycles. The van der Waals surface area contributed by atoms with Gasteiger partial charge in [-0.25, -0.2) is 8.42 Å². The Labute approximate surface area is 99.2 Å². The molecule has 1 aromatic heterocycles. The molecule has 0 aliphatic heterocycles. The molecule has 2 N–H and O–H groups in total. The summed E-state index contributed by atoms with van der Waals surface area (Å²) in [4.78, 5) is 4.02. The first-order valence-electron chi connectivity index (χ1n) is 4.93. The SMILES string of the molecule is Cc1ncc2cccc(NS(C)(=O)=O)c2c1O. The Morgan fingerprint density at radius 2 is 2.06 bits per heavy atom. The van der Waals surface area contributed by atoms with Crippen molar-refractivity contribution in [1.82, 2.24) is 4.98 Å². The van der Waals surface area contributed by atoms with Gasteiger partial charge in [-0.15, -0.1) is 0 Å². The molecule has 0 saturated carbocycles. The summed E-state index contributed by atoms with van der Waals surface area (Å²) in [5.41, 5.74) is 0.813. The Kier molecular flexibility index (Phi) is 2.66. The van der Waals surface area contributed by atoms with E-state index in [1.807, 2.05) is 0 Å². The van der Waals surface area contributed by atoms with Gasteiger partial charge in [-0.1, -0.05) is 12.1 Å². The highest BCUT2D eigenvalue weighted by atomic mass is 32.2. The molecule has 0 amide bonds. The fourth-order valence-electron chi connectivity index (χ4n) is 1.64. The molecule has 5 nitrogen and oxygen atoms in total. The maximum atomic E-state index is 11.2. The fraction of sp³-hybridized carbons (Fsp3) is 0.182. The molecule has 17 heavy (non-hydrogen) atoms. The first-order valence-corrected chi connectivity index (χ1v) is 6.83. The van der Waals surface area contributed by atoms with Crippen molar-refractivity contribution in [2.75, 3.05) is 11.0 Å². The molecule has 0 saturated heterocycles. The summed E-state index contributed by atoms with van der Waals surface area (Å²) in [7, 11) is -3.38. The number of hydrogen-bond acceptors (Lipinski definition) is 4. The van der Waals surface area contributed by atoms with Crippen LogP contribution in [0.25, 0.3) is 10.8 Å². The minimum atomic E-state index is -3.38. The summed E-state index contributed by atoms with van der Waals surface area (Å²) in [5, 5.41) is 11.1. The van der Waals surface area contributed by atoms with Crippen LogP contribution in [-0.2, 0) is 10.0 Å². The highest BCUT2D eigenvalue weighted by molar-refractivity contribution is 7.92. The number of benzene rings is 1. The Balaban J connectivity index is 2.76. The lowest BCUT2D eigenvalue weighted by Gasteiger charge is -2.10. The summed E-state index contributed by atoms with van der Waals surface area (Å²) in [6, 6.07) is 5.06. The molecule has 0 atom stereocenters. The third kappa shape index (κ3) is 2.31. The first-order chi connectivity index (χ1) is 7.88. The number of anilines is 1. The van der Waals surface area contributed by atoms with Crippen molar-refractivity contribution in [2.24, 2.45) is 0 Å². The lowest BCUT2D eigenvalue weighted by Crippen LogP contribution is -2.09. The maximum Gasteiger partial charge on any atom is 0.229 e. The number of nitrogens with one attached hydrogen (secondary N) is 1. The van der Waals surface area contributed by atoms with Crippen LogP contribution in [0.4, 0.5) is 5.69 Å². The number of hydrogen-bond donors (Lipinski definition) is 2. The van der Waals surface area contributed by atoms with Crippen molar-refractivity contribution in [2.45, 2.75) is 6.92 Å². The molecule has 0 spiro atoms. The predicted molar refractivity (Wildman–Crippen MR) is 66.6 cm³/mol. The molecule has 2 rings (SSSR count). The monoisotopic (exact) mass is 252 g/mol. The van der Waals surface area contributed by atoms with Crippen LogP contribution in [0.1, 0.15) is 5.69 Å². The molecule has 6 heteroatoms. The number of rotatable bonds is 2. The van der Waals surface area contributed by atoms with E-state index >= 15 is 0 Å². The van der Waals surface area contributed by atoms with Crippen molar-refractivity contribution in [3.8, 4) is 5.75 Å². The number of nitrogens with zero attached hydrogens (tertiary/aromatic N) is 1. The van der Waals surface area contributed by atoms with E-state index < -0.39 is 10.0 Å². The second-order valence-electron chi connectivity index (χ2n) is 3.84. The number of aromatic nitrogens is 1. The van der Waals surface area contributed by atoms with E-state index in [1.54, 1.807) is 31.3 Å². The van der Waals surface area contributed by atoms with Gasteiger partial charge in [0.05, 0.1) is 23.0 Å². The van der Waals surface area contributed by atoms with Gasteiger partial charge in [0, 0.05) is 11.6 Å². The lowest BCUT2D eigenvalue weighted by molar-refractivity contribution is 0.474. The Hall–Kier alpha value is -1.82. The van der Waals surface area contributed by atoms with Gasteiger partial charge >= 0.3 is 0 Å². The average molecular weight is 252 g/mol. The molecule has 90 valence electrons. The lowest BCUT2D eigenvalue weighted by atomic mass is 10.1. The van der Waals surface area contributed by atoms with Crippen LogP contribution in [0.15, 0.2) is 24.4 Å². The molecule has 2 aromatic rings. The quantitative estimate of drug-likeness (QED) is 0.851. The van der Waals surface area contributed by atoms with Gasteiger partial charge in [-0.05, 0) is 13.0 Å². The molecule has 0 bridgehead atoms. The van der Waals surface area contributed by atoms with Crippen LogP contribution in [0.5, 0.6) is 5.75 Å². The van der Waals surface area contributed by atoms with Crippen molar-refractivity contribution < 1.29 is 13.5 Å². The normalized spacial score (nSPS) is 11.6. The van der Waals surface area contributed by atoms with Crippen LogP contribution in [0.2, 0.25) is 0 Å². The first kappa shape index (κ1) is 11.7. The summed E-state index contributed by atoms with van der Waals surface area (Å²) < 4.78 is 24.8. The smallest absolute Gasteiger partial charge is 0.229 e. The summed E-state index contributed by atoms with van der Waals surface area (Å²) in [6.07, 6.45) is 2.66. The molecule has 0 aliphatic carbocycles. The van der Waals surface area contributed by atoms with Gasteiger partial charge < -0.3 is 5.11 Å². The van der Waals surface area contributed by atoms with Crippen LogP contribution < -0.4 is 4.72 Å². The minimum Gasteiger partial charge on any atom is -0.505 e. The van der Waals surface area contributed by atoms with Crippen molar-refractivity contribution in [3.63, 3.8) is 0 Å². The minimum absolute atomic E-state index is 0.00532. The Bertz CT molecular complexity index is 680. The molecular weight excluding hydrogens is 240 g/mol. The molecule has 0 fully saturated rings. The van der Waals surface area contributed by atoms with E-state index in [1.165, 1.54) is 0 Å². The van der Waals surface area contributed by atoms with E-state index in [2.05, 4.69) is 9.71 Å². The molecule has 0 unspecified atom stereocenters. The Morgan fingerprint density at radius 1 is 1.35 bits per heavy atom. The van der Waals surface area contributed by atoms with Gasteiger partial charge in [0.2, 0.25) is 10.0 Å². The third-order valence-corrected chi connectivity index (χ3v) is 2.96. The molecule has 0 aliphatic rings. The van der Waals surface area contributed by atoms with Crippen molar-refractivity contribution in [1.29, 1.82) is 0 Å². The van der Waals surface area contributed by atoms with E-state index in [-0.39, 0.29) is 5.75 Å². The van der Waals surface area contributed by atoms with Crippen LogP contribution in [0, 0.1) is 6.92 Å². The standard InChI is InChI=1S/C11H12N2O3S/c1-7-11(14)10-8(6-12-7)4-3-5-9(10)13-17(2,15)16/h3-6,13-14H,1-2H3. The number of sulfonamides is 1. The van der Waals surface area contributed by atoms with E-state index in [9.17, 15) is 13.5 Å². The number of pyridine rings is 1. The Morgan fingerprint density at radius 3 is 2.71 bits per heavy atom. The van der Waals surface area contributed by atoms with Gasteiger partial charge in [-0.3, -0.25) is 9.71 Å². The summed E-state index contributed by atoms with van der Waals surface area (Å²) in [5.74, 6) is -0.00532. The number of aromatic hydroxyl groups is 1. The molecule has 1 aromatic carbocycles. The fourth-order valence-corrected chi connectivity index (χ4v) is 2.20. The second kappa shape index (κ2) is 3.89. The van der Waals surface area contributed by atoms with Gasteiger partial charge in [0.25, 0.3) is 0 Å². The van der Waals surface area contributed by atoms with E-state index in [4.69, 9.17) is 0 Å². The third-order valence-electron chi connectivity index (χ3n) is 2.37. The summed E-state index contributed by atoms with van der Waals surface area (Å²) in [6.45, 7) is 1.66. The van der Waals surface area contributed by atoms with E-state index in [0.29, 0.717) is 22.2 Å². The molecule has 0 radical (unpaired) electrons. The molecular formula is C11H12N2O3S. The zero-order valence-electron chi connectivity index (χ0n) is 9.43. The van der Waals surface area contributed by atoms with Crippen molar-refractivity contribution in [3.05, 3.63) is 30.1 Å². The summed E-state index contributed by atoms with van der Waals surface area (Å²) >= 11 is 0. The van der Waals surface area contributed by atoms with Crippen LogP contribution >= 0.6 is 0 Å². The average Bonchev–Trinajstić information content (AvgIpc) is 2.21. The van der Waals surface area contributed by atoms with Crippen LogP contribution in [-0.4, -0.2) is 24.8 Å². The number of aryl methyl sites for hydroxylation is 1. The largest absolute Gasteiger partial charge is 0.505 e. The van der Waals surface area contributed by atoms with Gasteiger partial charge in [-0.2, -0.15) is 0 Å². The van der Waals surface area contributed by atoms with Crippen LogP contribution in [0.3, 0.4) is 0 Å². The number of fused-ring (bicyclic) bond motifs is 1. The van der Waals surface area contributed by atoms with Gasteiger partial charge in [0.1, 0.15) is 5.75 Å². The van der Waals surface area contributed by atoms with Gasteiger partial charge in [0.15, 0.2) is 0 Å². The predicted octanol–water partition coefficient (Wildman–Crippen LogP) is 1.62. The van der Waals surface area contributed by atoms with E-state index in [0.717, 1.165) is 6.26 Å². The zero-order chi connectivity index (χ0) is 12.6. The highest BCUT2D eigenvalue weighted by Gasteiger charge is 2.11. The highest BCUT2D eigenvalue weighted by Crippen LogP contribution is 2.33. The van der Waals surface area contributed by atoms with Crippen molar-refractivity contribution >= 4 is 26.5 Å².